The summed E-state index contributed by atoms with van der Waals surface area (Å²) in [6, 6.07) is 3.33. The summed E-state index contributed by atoms with van der Waals surface area (Å²) < 4.78 is 5.27. The fraction of sp³-hybridized carbons (Fsp3) is 0.385. The summed E-state index contributed by atoms with van der Waals surface area (Å²) in [5, 5.41) is 2.88. The van der Waals surface area contributed by atoms with Crippen molar-refractivity contribution in [1.82, 2.24) is 4.98 Å². The standard InChI is InChI=1S/C13H16N2O2/c1-5-8-14-11-10(7-6-9-15-11)12(16)17-13(2,3)4/h1,6-7,9H,8H2,2-4H3,(H,14,15). The minimum Gasteiger partial charge on any atom is -0.456 e. The second-order valence-electron chi connectivity index (χ2n) is 4.46. The van der Waals surface area contributed by atoms with E-state index in [2.05, 4.69) is 16.2 Å². The Morgan fingerprint density at radius 2 is 2.29 bits per heavy atom. The third-order valence-corrected chi connectivity index (χ3v) is 1.78. The van der Waals surface area contributed by atoms with E-state index < -0.39 is 11.6 Å². The number of nitrogens with zero attached hydrogens (tertiary/aromatic N) is 1. The summed E-state index contributed by atoms with van der Waals surface area (Å²) in [7, 11) is 0. The molecule has 17 heavy (non-hydrogen) atoms. The van der Waals surface area contributed by atoms with Gasteiger partial charge in [-0.25, -0.2) is 9.78 Å². The minimum absolute atomic E-state index is 0.312. The highest BCUT2D eigenvalue weighted by molar-refractivity contribution is 5.94. The van der Waals surface area contributed by atoms with E-state index in [0.717, 1.165) is 0 Å². The molecule has 0 radical (unpaired) electrons. The van der Waals surface area contributed by atoms with Gasteiger partial charge in [0.15, 0.2) is 0 Å². The van der Waals surface area contributed by atoms with Gasteiger partial charge < -0.3 is 10.1 Å². The van der Waals surface area contributed by atoms with Gasteiger partial charge in [-0.15, -0.1) is 6.42 Å². The Balaban J connectivity index is 2.90. The highest BCUT2D eigenvalue weighted by Gasteiger charge is 2.20. The molecular weight excluding hydrogens is 216 g/mol. The van der Waals surface area contributed by atoms with Gasteiger partial charge in [-0.3, -0.25) is 0 Å². The summed E-state index contributed by atoms with van der Waals surface area (Å²) in [5.74, 6) is 2.46. The van der Waals surface area contributed by atoms with Crippen LogP contribution in [0.2, 0.25) is 0 Å². The van der Waals surface area contributed by atoms with E-state index in [4.69, 9.17) is 11.2 Å². The van der Waals surface area contributed by atoms with E-state index in [0.29, 0.717) is 17.9 Å². The summed E-state index contributed by atoms with van der Waals surface area (Å²) in [6.45, 7) is 5.76. The average molecular weight is 232 g/mol. The molecular formula is C13H16N2O2. The number of aromatic nitrogens is 1. The molecule has 0 spiro atoms. The lowest BCUT2D eigenvalue weighted by molar-refractivity contribution is 0.00703. The van der Waals surface area contributed by atoms with E-state index in [-0.39, 0.29) is 0 Å². The molecule has 0 unspecified atom stereocenters. The maximum absolute atomic E-state index is 11.9. The molecule has 1 N–H and O–H groups in total. The van der Waals surface area contributed by atoms with Gasteiger partial charge in [0.1, 0.15) is 17.0 Å². The molecule has 90 valence electrons. The molecule has 1 heterocycles. The maximum atomic E-state index is 11.9. The molecule has 0 aliphatic heterocycles. The van der Waals surface area contributed by atoms with E-state index in [1.807, 2.05) is 20.8 Å². The Labute approximate surface area is 101 Å². The van der Waals surface area contributed by atoms with Crippen molar-refractivity contribution in [3.63, 3.8) is 0 Å². The summed E-state index contributed by atoms with van der Waals surface area (Å²) in [5.41, 5.74) is -0.145. The summed E-state index contributed by atoms with van der Waals surface area (Å²) in [4.78, 5) is 16.0. The van der Waals surface area contributed by atoms with Gasteiger partial charge in [-0.05, 0) is 32.9 Å². The number of pyridine rings is 1. The first-order chi connectivity index (χ1) is 7.94. The highest BCUT2D eigenvalue weighted by Crippen LogP contribution is 2.16. The quantitative estimate of drug-likeness (QED) is 0.640. The van der Waals surface area contributed by atoms with Crippen LogP contribution in [0, 0.1) is 12.3 Å². The van der Waals surface area contributed by atoms with Gasteiger partial charge >= 0.3 is 5.97 Å². The SMILES string of the molecule is C#CCNc1ncccc1C(=O)OC(C)(C)C. The van der Waals surface area contributed by atoms with E-state index in [1.165, 1.54) is 0 Å². The minimum atomic E-state index is -0.531. The van der Waals surface area contributed by atoms with Crippen LogP contribution in [0.5, 0.6) is 0 Å². The molecule has 4 nitrogen and oxygen atoms in total. The number of anilines is 1. The fourth-order valence-corrected chi connectivity index (χ4v) is 1.18. The normalized spacial score (nSPS) is 10.5. The molecule has 0 fully saturated rings. The molecule has 1 rings (SSSR count). The van der Waals surface area contributed by atoms with Crippen LogP contribution in [0.1, 0.15) is 31.1 Å². The number of hydrogen-bond acceptors (Lipinski definition) is 4. The first-order valence-corrected chi connectivity index (χ1v) is 5.30. The zero-order valence-electron chi connectivity index (χ0n) is 10.3. The first kappa shape index (κ1) is 13.0. The predicted molar refractivity (Wildman–Crippen MR) is 66.7 cm³/mol. The zero-order valence-corrected chi connectivity index (χ0v) is 10.3. The van der Waals surface area contributed by atoms with Crippen LogP contribution in [0.25, 0.3) is 0 Å². The molecule has 4 heteroatoms. The second kappa shape index (κ2) is 5.35. The lowest BCUT2D eigenvalue weighted by atomic mass is 10.2. The van der Waals surface area contributed by atoms with Crippen molar-refractivity contribution < 1.29 is 9.53 Å². The van der Waals surface area contributed by atoms with E-state index in [1.54, 1.807) is 18.3 Å². The van der Waals surface area contributed by atoms with Crippen molar-refractivity contribution in [2.45, 2.75) is 26.4 Å². The maximum Gasteiger partial charge on any atom is 0.342 e. The van der Waals surface area contributed by atoms with Crippen molar-refractivity contribution in [1.29, 1.82) is 0 Å². The molecule has 0 atom stereocenters. The first-order valence-electron chi connectivity index (χ1n) is 5.30. The number of nitrogens with one attached hydrogen (secondary N) is 1. The van der Waals surface area contributed by atoms with Crippen LogP contribution in [-0.4, -0.2) is 23.1 Å². The van der Waals surface area contributed by atoms with Gasteiger partial charge in [0.25, 0.3) is 0 Å². The molecule has 0 aliphatic rings. The van der Waals surface area contributed by atoms with Crippen molar-refractivity contribution in [3.8, 4) is 12.3 Å². The Hall–Kier alpha value is -2.02. The van der Waals surface area contributed by atoms with Gasteiger partial charge in [-0.1, -0.05) is 5.92 Å². The van der Waals surface area contributed by atoms with E-state index >= 15 is 0 Å². The van der Waals surface area contributed by atoms with E-state index in [9.17, 15) is 4.79 Å². The molecule has 0 aliphatic carbocycles. The van der Waals surface area contributed by atoms with Crippen LogP contribution in [-0.2, 0) is 4.74 Å². The van der Waals surface area contributed by atoms with Crippen LogP contribution >= 0.6 is 0 Å². The molecule has 0 saturated heterocycles. The van der Waals surface area contributed by atoms with Gasteiger partial charge in [0.2, 0.25) is 0 Å². The third kappa shape index (κ3) is 4.15. The molecule has 0 bridgehead atoms. The van der Waals surface area contributed by atoms with Gasteiger partial charge in [0.05, 0.1) is 6.54 Å². The van der Waals surface area contributed by atoms with Crippen molar-refractivity contribution in [2.24, 2.45) is 0 Å². The van der Waals surface area contributed by atoms with Crippen molar-refractivity contribution >= 4 is 11.8 Å². The smallest absolute Gasteiger partial charge is 0.342 e. The van der Waals surface area contributed by atoms with Crippen molar-refractivity contribution in [2.75, 3.05) is 11.9 Å². The molecule has 0 saturated carbocycles. The molecule has 0 aromatic carbocycles. The van der Waals surface area contributed by atoms with Crippen LogP contribution < -0.4 is 5.32 Å². The Kier molecular flexibility index (Phi) is 4.11. The summed E-state index contributed by atoms with van der Waals surface area (Å²) >= 11 is 0. The molecule has 1 aromatic rings. The lowest BCUT2D eigenvalue weighted by Gasteiger charge is -2.20. The number of esters is 1. The Bertz CT molecular complexity index is 441. The zero-order chi connectivity index (χ0) is 12.9. The number of rotatable bonds is 3. The number of hydrogen-bond donors (Lipinski definition) is 1. The third-order valence-electron chi connectivity index (χ3n) is 1.78. The van der Waals surface area contributed by atoms with Crippen LogP contribution in [0.15, 0.2) is 18.3 Å². The molecule has 0 amide bonds. The Morgan fingerprint density at radius 1 is 1.59 bits per heavy atom. The molecule has 1 aromatic heterocycles. The second-order valence-corrected chi connectivity index (χ2v) is 4.46. The number of terminal acetylenes is 1. The number of ether oxygens (including phenoxy) is 1. The largest absolute Gasteiger partial charge is 0.456 e. The van der Waals surface area contributed by atoms with Crippen molar-refractivity contribution in [3.05, 3.63) is 23.9 Å². The van der Waals surface area contributed by atoms with Crippen LogP contribution in [0.4, 0.5) is 5.82 Å². The predicted octanol–water partition coefficient (Wildman–Crippen LogP) is 2.08. The van der Waals surface area contributed by atoms with Gasteiger partial charge in [-0.2, -0.15) is 0 Å². The fourth-order valence-electron chi connectivity index (χ4n) is 1.18. The number of carbonyl (C=O) groups is 1. The Morgan fingerprint density at radius 3 is 2.88 bits per heavy atom. The lowest BCUT2D eigenvalue weighted by Crippen LogP contribution is -2.24. The van der Waals surface area contributed by atoms with Gasteiger partial charge in [0, 0.05) is 6.20 Å². The summed E-state index contributed by atoms with van der Waals surface area (Å²) in [6.07, 6.45) is 6.74. The van der Waals surface area contributed by atoms with Crippen LogP contribution in [0.3, 0.4) is 0 Å². The average Bonchev–Trinajstić information content (AvgIpc) is 2.24. The monoisotopic (exact) mass is 232 g/mol. The topological polar surface area (TPSA) is 51.2 Å². The highest BCUT2D eigenvalue weighted by atomic mass is 16.6. The number of carbonyl (C=O) groups excluding carboxylic acids is 1.